The Morgan fingerprint density at radius 2 is 2.22 bits per heavy atom. The number of nitrogens with zero attached hydrogens (tertiary/aromatic N) is 1. The molecule has 0 saturated heterocycles. The zero-order valence-corrected chi connectivity index (χ0v) is 11.4. The molecule has 0 aliphatic rings. The van der Waals surface area contributed by atoms with Crippen LogP contribution in [0.2, 0.25) is 5.02 Å². The van der Waals surface area contributed by atoms with E-state index in [1.165, 1.54) is 5.56 Å². The van der Waals surface area contributed by atoms with Crippen LogP contribution in [-0.4, -0.2) is 24.4 Å². The number of rotatable bonds is 7. The summed E-state index contributed by atoms with van der Waals surface area (Å²) in [5.74, 6) is 4.90. The molecule has 100 valence electrons. The molecule has 1 amide bonds. The Labute approximate surface area is 113 Å². The number of nitrogens with two attached hydrogens (primary N) is 1. The molecule has 0 aliphatic carbocycles. The third-order valence-electron chi connectivity index (χ3n) is 2.70. The predicted octanol–water partition coefficient (Wildman–Crippen LogP) is 1.93. The Morgan fingerprint density at radius 1 is 1.44 bits per heavy atom. The van der Waals surface area contributed by atoms with Gasteiger partial charge in [0.1, 0.15) is 0 Å². The van der Waals surface area contributed by atoms with Crippen LogP contribution >= 0.6 is 11.6 Å². The highest BCUT2D eigenvalue weighted by Crippen LogP contribution is 2.12. The van der Waals surface area contributed by atoms with Crippen LogP contribution in [0, 0.1) is 0 Å². The summed E-state index contributed by atoms with van der Waals surface area (Å²) in [7, 11) is 2.06. The van der Waals surface area contributed by atoms with Gasteiger partial charge in [0.25, 0.3) is 0 Å². The van der Waals surface area contributed by atoms with Crippen molar-refractivity contribution in [2.45, 2.75) is 25.8 Å². The van der Waals surface area contributed by atoms with Gasteiger partial charge in [-0.05, 0) is 44.1 Å². The number of halogens is 1. The second kappa shape index (κ2) is 8.08. The summed E-state index contributed by atoms with van der Waals surface area (Å²) in [5.41, 5.74) is 3.33. The van der Waals surface area contributed by atoms with E-state index >= 15 is 0 Å². The van der Waals surface area contributed by atoms with E-state index in [4.69, 9.17) is 17.4 Å². The van der Waals surface area contributed by atoms with Crippen LogP contribution in [-0.2, 0) is 11.3 Å². The SMILES string of the molecule is CN(CCCCC(=O)NN)Cc1cccc(Cl)c1. The number of hydrazine groups is 1. The molecular weight excluding hydrogens is 250 g/mol. The van der Waals surface area contributed by atoms with Gasteiger partial charge in [-0.25, -0.2) is 5.84 Å². The Morgan fingerprint density at radius 3 is 2.89 bits per heavy atom. The first-order valence-corrected chi connectivity index (χ1v) is 6.42. The van der Waals surface area contributed by atoms with Gasteiger partial charge < -0.3 is 4.90 Å². The topological polar surface area (TPSA) is 58.4 Å². The molecule has 18 heavy (non-hydrogen) atoms. The van der Waals surface area contributed by atoms with Crippen molar-refractivity contribution in [3.63, 3.8) is 0 Å². The van der Waals surface area contributed by atoms with Gasteiger partial charge in [-0.2, -0.15) is 0 Å². The van der Waals surface area contributed by atoms with Gasteiger partial charge in [-0.3, -0.25) is 10.2 Å². The maximum absolute atomic E-state index is 10.9. The number of carbonyl (C=O) groups excluding carboxylic acids is 1. The number of nitrogens with one attached hydrogen (secondary N) is 1. The van der Waals surface area contributed by atoms with Crippen LogP contribution in [0.1, 0.15) is 24.8 Å². The van der Waals surface area contributed by atoms with Gasteiger partial charge in [-0.1, -0.05) is 23.7 Å². The molecule has 0 bridgehead atoms. The Balaban J connectivity index is 2.21. The molecule has 0 spiro atoms. The second-order valence-corrected chi connectivity index (χ2v) is 4.83. The molecule has 5 heteroatoms. The fourth-order valence-electron chi connectivity index (χ4n) is 1.77. The monoisotopic (exact) mass is 269 g/mol. The number of unbranched alkanes of at least 4 members (excludes halogenated alkanes) is 1. The summed E-state index contributed by atoms with van der Waals surface area (Å²) in [6.07, 6.45) is 2.31. The van der Waals surface area contributed by atoms with Crippen LogP contribution in [0.4, 0.5) is 0 Å². The molecule has 3 N–H and O–H groups in total. The molecule has 0 heterocycles. The van der Waals surface area contributed by atoms with Crippen molar-refractivity contribution in [2.75, 3.05) is 13.6 Å². The lowest BCUT2D eigenvalue weighted by Gasteiger charge is -2.16. The average Bonchev–Trinajstić information content (AvgIpc) is 2.34. The van der Waals surface area contributed by atoms with E-state index < -0.39 is 0 Å². The lowest BCUT2D eigenvalue weighted by atomic mass is 10.2. The van der Waals surface area contributed by atoms with E-state index in [2.05, 4.69) is 23.4 Å². The molecule has 0 fully saturated rings. The van der Waals surface area contributed by atoms with Crippen LogP contribution < -0.4 is 11.3 Å². The molecule has 0 saturated carbocycles. The molecule has 4 nitrogen and oxygen atoms in total. The standard InChI is InChI=1S/C13H20ClN3O/c1-17(8-3-2-7-13(18)16-15)10-11-5-4-6-12(14)9-11/h4-6,9H,2-3,7-8,10,15H2,1H3,(H,16,18). The van der Waals surface area contributed by atoms with Crippen LogP contribution in [0.3, 0.4) is 0 Å². The van der Waals surface area contributed by atoms with Gasteiger partial charge in [0, 0.05) is 18.0 Å². The molecule has 0 unspecified atom stereocenters. The van der Waals surface area contributed by atoms with Gasteiger partial charge in [0.05, 0.1) is 0 Å². The van der Waals surface area contributed by atoms with Crippen molar-refractivity contribution in [2.24, 2.45) is 5.84 Å². The first kappa shape index (κ1) is 15.0. The molecule has 0 aromatic heterocycles. The zero-order chi connectivity index (χ0) is 13.4. The van der Waals surface area contributed by atoms with Crippen molar-refractivity contribution in [3.8, 4) is 0 Å². The minimum Gasteiger partial charge on any atom is -0.302 e. The summed E-state index contributed by atoms with van der Waals surface area (Å²) < 4.78 is 0. The lowest BCUT2D eigenvalue weighted by molar-refractivity contribution is -0.121. The van der Waals surface area contributed by atoms with Gasteiger partial charge >= 0.3 is 0 Å². The van der Waals surface area contributed by atoms with Crippen molar-refractivity contribution in [1.29, 1.82) is 0 Å². The fraction of sp³-hybridized carbons (Fsp3) is 0.462. The number of amides is 1. The normalized spacial score (nSPS) is 10.7. The Hall–Kier alpha value is -1.10. The molecule has 0 radical (unpaired) electrons. The van der Waals surface area contributed by atoms with Crippen molar-refractivity contribution in [3.05, 3.63) is 34.9 Å². The van der Waals surface area contributed by atoms with E-state index in [1.807, 2.05) is 18.2 Å². The zero-order valence-electron chi connectivity index (χ0n) is 10.7. The molecule has 1 rings (SSSR count). The quantitative estimate of drug-likeness (QED) is 0.344. The third-order valence-corrected chi connectivity index (χ3v) is 2.93. The van der Waals surface area contributed by atoms with E-state index in [9.17, 15) is 4.79 Å². The molecular formula is C13H20ClN3O. The number of carbonyl (C=O) groups is 1. The minimum atomic E-state index is -0.104. The number of hydrogen-bond donors (Lipinski definition) is 2. The summed E-state index contributed by atoms with van der Waals surface area (Å²) in [6, 6.07) is 7.86. The van der Waals surface area contributed by atoms with Crippen LogP contribution in [0.25, 0.3) is 0 Å². The van der Waals surface area contributed by atoms with Crippen molar-refractivity contribution < 1.29 is 4.79 Å². The Kier molecular flexibility index (Phi) is 6.72. The highest BCUT2D eigenvalue weighted by molar-refractivity contribution is 6.30. The van der Waals surface area contributed by atoms with Crippen LogP contribution in [0.5, 0.6) is 0 Å². The highest BCUT2D eigenvalue weighted by atomic mass is 35.5. The number of benzene rings is 1. The van der Waals surface area contributed by atoms with Crippen molar-refractivity contribution in [1.82, 2.24) is 10.3 Å². The maximum Gasteiger partial charge on any atom is 0.233 e. The first-order valence-electron chi connectivity index (χ1n) is 6.04. The largest absolute Gasteiger partial charge is 0.302 e. The summed E-state index contributed by atoms with van der Waals surface area (Å²) in [5, 5.41) is 0.764. The van der Waals surface area contributed by atoms with Gasteiger partial charge in [-0.15, -0.1) is 0 Å². The summed E-state index contributed by atoms with van der Waals surface area (Å²) in [6.45, 7) is 1.81. The predicted molar refractivity (Wildman–Crippen MR) is 74.0 cm³/mol. The molecule has 1 aromatic carbocycles. The summed E-state index contributed by atoms with van der Waals surface area (Å²) in [4.78, 5) is 13.1. The van der Waals surface area contributed by atoms with Gasteiger partial charge in [0.2, 0.25) is 5.91 Å². The van der Waals surface area contributed by atoms with E-state index in [0.29, 0.717) is 6.42 Å². The summed E-state index contributed by atoms with van der Waals surface area (Å²) >= 11 is 5.93. The minimum absolute atomic E-state index is 0.104. The van der Waals surface area contributed by atoms with E-state index in [1.54, 1.807) is 0 Å². The Bertz CT molecular complexity index is 384. The van der Waals surface area contributed by atoms with Gasteiger partial charge in [0.15, 0.2) is 0 Å². The van der Waals surface area contributed by atoms with Crippen LogP contribution in [0.15, 0.2) is 24.3 Å². The van der Waals surface area contributed by atoms with E-state index in [-0.39, 0.29) is 5.91 Å². The third kappa shape index (κ3) is 6.00. The second-order valence-electron chi connectivity index (χ2n) is 4.39. The average molecular weight is 270 g/mol. The maximum atomic E-state index is 10.9. The number of hydrogen-bond acceptors (Lipinski definition) is 3. The first-order chi connectivity index (χ1) is 8.61. The van der Waals surface area contributed by atoms with E-state index in [0.717, 1.165) is 31.0 Å². The molecule has 1 aromatic rings. The smallest absolute Gasteiger partial charge is 0.233 e. The molecule has 0 atom stereocenters. The fourth-order valence-corrected chi connectivity index (χ4v) is 1.98. The highest BCUT2D eigenvalue weighted by Gasteiger charge is 2.02. The van der Waals surface area contributed by atoms with Crippen molar-refractivity contribution >= 4 is 17.5 Å². The molecule has 0 aliphatic heterocycles. The lowest BCUT2D eigenvalue weighted by Crippen LogP contribution is -2.29.